The lowest BCUT2D eigenvalue weighted by Gasteiger charge is -2.01. The molecule has 0 aliphatic rings. The first-order valence-electron chi connectivity index (χ1n) is 7.27. The van der Waals surface area contributed by atoms with Gasteiger partial charge in [-0.05, 0) is 18.4 Å². The Kier molecular flexibility index (Phi) is 5.02. The highest BCUT2D eigenvalue weighted by molar-refractivity contribution is 7.18. The van der Waals surface area contributed by atoms with Crippen molar-refractivity contribution in [1.29, 1.82) is 0 Å². The second-order valence-electron chi connectivity index (χ2n) is 4.71. The summed E-state index contributed by atoms with van der Waals surface area (Å²) in [6.07, 6.45) is 0. The first-order valence-corrected chi connectivity index (χ1v) is 8.97. The molecule has 0 saturated heterocycles. The van der Waals surface area contributed by atoms with Crippen LogP contribution in [-0.2, 0) is 4.74 Å². The number of amides is 1. The molecule has 3 aromatic rings. The Labute approximate surface area is 146 Å². The van der Waals surface area contributed by atoms with Gasteiger partial charge >= 0.3 is 5.97 Å². The Morgan fingerprint density at radius 2 is 1.96 bits per heavy atom. The monoisotopic (exact) mass is 358 g/mol. The van der Waals surface area contributed by atoms with E-state index in [0.717, 1.165) is 16.9 Å². The van der Waals surface area contributed by atoms with E-state index in [0.29, 0.717) is 20.6 Å². The summed E-state index contributed by atoms with van der Waals surface area (Å²) in [7, 11) is 0. The highest BCUT2D eigenvalue weighted by Gasteiger charge is 2.21. The molecule has 24 heavy (non-hydrogen) atoms. The normalized spacial score (nSPS) is 10.4. The van der Waals surface area contributed by atoms with Crippen molar-refractivity contribution >= 4 is 39.7 Å². The third kappa shape index (κ3) is 3.52. The smallest absolute Gasteiger partial charge is 0.350 e. The Balaban J connectivity index is 1.94. The van der Waals surface area contributed by atoms with Crippen LogP contribution in [0.5, 0.6) is 0 Å². The van der Waals surface area contributed by atoms with Crippen LogP contribution in [-0.4, -0.2) is 23.5 Å². The number of esters is 1. The van der Waals surface area contributed by atoms with Gasteiger partial charge in [-0.3, -0.25) is 10.1 Å². The minimum absolute atomic E-state index is 0.242. The Hall–Kier alpha value is -2.51. The van der Waals surface area contributed by atoms with Crippen LogP contribution in [0.4, 0.5) is 5.13 Å². The van der Waals surface area contributed by atoms with E-state index < -0.39 is 5.97 Å². The summed E-state index contributed by atoms with van der Waals surface area (Å²) in [5, 5.41) is 4.94. The number of carbonyl (C=O) groups is 2. The fourth-order valence-electron chi connectivity index (χ4n) is 2.07. The molecule has 122 valence electrons. The van der Waals surface area contributed by atoms with Gasteiger partial charge in [0.1, 0.15) is 4.88 Å². The van der Waals surface area contributed by atoms with E-state index in [1.54, 1.807) is 19.1 Å². The van der Waals surface area contributed by atoms with Crippen molar-refractivity contribution in [2.45, 2.75) is 6.92 Å². The minimum atomic E-state index is -0.439. The number of hydrogen-bond acceptors (Lipinski definition) is 6. The quantitative estimate of drug-likeness (QED) is 0.691. The van der Waals surface area contributed by atoms with Crippen LogP contribution >= 0.6 is 22.7 Å². The highest BCUT2D eigenvalue weighted by Crippen LogP contribution is 2.32. The van der Waals surface area contributed by atoms with Gasteiger partial charge < -0.3 is 4.74 Å². The second kappa shape index (κ2) is 7.37. The molecule has 0 bridgehead atoms. The third-order valence-electron chi connectivity index (χ3n) is 3.10. The largest absolute Gasteiger partial charge is 0.462 e. The standard InChI is InChI=1S/C17H14N2O3S2/c1-2-22-16(21)14-13(11-7-4-3-5-8-11)18-17(24-14)19-15(20)12-9-6-10-23-12/h3-10H,2H2,1H3,(H,18,19,20). The average molecular weight is 358 g/mol. The molecule has 2 heterocycles. The fourth-order valence-corrected chi connectivity index (χ4v) is 3.56. The summed E-state index contributed by atoms with van der Waals surface area (Å²) in [4.78, 5) is 29.8. The number of hydrogen-bond donors (Lipinski definition) is 1. The van der Waals surface area contributed by atoms with Gasteiger partial charge in [0.05, 0.1) is 17.2 Å². The molecular formula is C17H14N2O3S2. The van der Waals surface area contributed by atoms with E-state index in [1.807, 2.05) is 35.7 Å². The van der Waals surface area contributed by atoms with Crippen LogP contribution in [0.15, 0.2) is 47.8 Å². The lowest BCUT2D eigenvalue weighted by atomic mass is 10.1. The highest BCUT2D eigenvalue weighted by atomic mass is 32.1. The van der Waals surface area contributed by atoms with Crippen LogP contribution < -0.4 is 5.32 Å². The molecule has 1 amide bonds. The van der Waals surface area contributed by atoms with Crippen LogP contribution in [0.3, 0.4) is 0 Å². The topological polar surface area (TPSA) is 68.3 Å². The van der Waals surface area contributed by atoms with E-state index in [9.17, 15) is 9.59 Å². The van der Waals surface area contributed by atoms with Crippen LogP contribution in [0.2, 0.25) is 0 Å². The summed E-state index contributed by atoms with van der Waals surface area (Å²) < 4.78 is 5.10. The van der Waals surface area contributed by atoms with Crippen LogP contribution in [0, 0.1) is 0 Å². The van der Waals surface area contributed by atoms with E-state index >= 15 is 0 Å². The maximum Gasteiger partial charge on any atom is 0.350 e. The average Bonchev–Trinajstić information content (AvgIpc) is 3.26. The fraction of sp³-hybridized carbons (Fsp3) is 0.118. The summed E-state index contributed by atoms with van der Waals surface area (Å²) >= 11 is 2.46. The van der Waals surface area contributed by atoms with Gasteiger partial charge in [0.15, 0.2) is 5.13 Å². The van der Waals surface area contributed by atoms with Crippen molar-refractivity contribution < 1.29 is 14.3 Å². The molecule has 0 aliphatic carbocycles. The van der Waals surface area contributed by atoms with Crippen molar-refractivity contribution in [3.63, 3.8) is 0 Å². The van der Waals surface area contributed by atoms with E-state index in [2.05, 4.69) is 10.3 Å². The molecule has 3 rings (SSSR count). The predicted octanol–water partition coefficient (Wildman–Crippen LogP) is 4.30. The van der Waals surface area contributed by atoms with Gasteiger partial charge in [0.2, 0.25) is 0 Å². The van der Waals surface area contributed by atoms with Gasteiger partial charge in [-0.1, -0.05) is 47.7 Å². The summed E-state index contributed by atoms with van der Waals surface area (Å²) in [5.41, 5.74) is 1.31. The first-order chi connectivity index (χ1) is 11.7. The Bertz CT molecular complexity index is 842. The van der Waals surface area contributed by atoms with Crippen LogP contribution in [0.1, 0.15) is 26.3 Å². The molecule has 0 unspecified atom stereocenters. The first kappa shape index (κ1) is 16.4. The maximum atomic E-state index is 12.2. The van der Waals surface area contributed by atoms with Crippen molar-refractivity contribution in [1.82, 2.24) is 4.98 Å². The number of benzene rings is 1. The number of ether oxygens (including phenoxy) is 1. The van der Waals surface area contributed by atoms with E-state index in [1.165, 1.54) is 11.3 Å². The number of carbonyl (C=O) groups excluding carboxylic acids is 2. The predicted molar refractivity (Wildman–Crippen MR) is 95.8 cm³/mol. The Morgan fingerprint density at radius 1 is 1.17 bits per heavy atom. The molecule has 0 aliphatic heterocycles. The zero-order valence-electron chi connectivity index (χ0n) is 12.8. The van der Waals surface area contributed by atoms with Crippen molar-refractivity contribution in [3.05, 3.63) is 57.6 Å². The number of thiazole rings is 1. The molecule has 0 spiro atoms. The summed E-state index contributed by atoms with van der Waals surface area (Å²) in [6.45, 7) is 2.03. The molecule has 0 radical (unpaired) electrons. The van der Waals surface area contributed by atoms with Gasteiger partial charge in [-0.15, -0.1) is 11.3 Å². The lowest BCUT2D eigenvalue weighted by molar-refractivity contribution is 0.0532. The number of aromatic nitrogens is 1. The molecule has 7 heteroatoms. The lowest BCUT2D eigenvalue weighted by Crippen LogP contribution is -2.09. The zero-order chi connectivity index (χ0) is 16.9. The molecule has 2 aromatic heterocycles. The number of anilines is 1. The molecule has 5 nitrogen and oxygen atoms in total. The van der Waals surface area contributed by atoms with Gasteiger partial charge in [0.25, 0.3) is 5.91 Å². The molecule has 0 fully saturated rings. The molecule has 0 saturated carbocycles. The van der Waals surface area contributed by atoms with Crippen LogP contribution in [0.25, 0.3) is 11.3 Å². The number of nitrogens with zero attached hydrogens (tertiary/aromatic N) is 1. The van der Waals surface area contributed by atoms with E-state index in [4.69, 9.17) is 4.74 Å². The third-order valence-corrected chi connectivity index (χ3v) is 4.92. The molecular weight excluding hydrogens is 344 g/mol. The Morgan fingerprint density at radius 3 is 2.62 bits per heavy atom. The van der Waals surface area contributed by atoms with Gasteiger partial charge in [-0.2, -0.15) is 0 Å². The molecule has 0 atom stereocenters. The molecule has 1 aromatic carbocycles. The van der Waals surface area contributed by atoms with E-state index in [-0.39, 0.29) is 12.5 Å². The van der Waals surface area contributed by atoms with Crippen molar-refractivity contribution in [3.8, 4) is 11.3 Å². The minimum Gasteiger partial charge on any atom is -0.462 e. The summed E-state index contributed by atoms with van der Waals surface area (Å²) in [6, 6.07) is 12.9. The SMILES string of the molecule is CCOC(=O)c1sc(NC(=O)c2cccs2)nc1-c1ccccc1. The van der Waals surface area contributed by atoms with Gasteiger partial charge in [-0.25, -0.2) is 9.78 Å². The summed E-state index contributed by atoms with van der Waals surface area (Å²) in [5.74, 6) is -0.681. The number of thiophene rings is 1. The van der Waals surface area contributed by atoms with Gasteiger partial charge in [0, 0.05) is 5.56 Å². The number of nitrogens with one attached hydrogen (secondary N) is 1. The van der Waals surface area contributed by atoms with Crippen molar-refractivity contribution in [2.75, 3.05) is 11.9 Å². The second-order valence-corrected chi connectivity index (χ2v) is 6.66. The van der Waals surface area contributed by atoms with Crippen molar-refractivity contribution in [2.24, 2.45) is 0 Å². The zero-order valence-corrected chi connectivity index (χ0v) is 14.4. The molecule has 1 N–H and O–H groups in total. The number of rotatable bonds is 5. The maximum absolute atomic E-state index is 12.2.